The van der Waals surface area contributed by atoms with Crippen molar-refractivity contribution in [3.8, 4) is 0 Å². The minimum absolute atomic E-state index is 0.217. The Morgan fingerprint density at radius 3 is 2.37 bits per heavy atom. The van der Waals surface area contributed by atoms with Crippen LogP contribution in [-0.2, 0) is 15.7 Å². The highest BCUT2D eigenvalue weighted by Gasteiger charge is 2.52. The molecule has 1 saturated heterocycles. The summed E-state index contributed by atoms with van der Waals surface area (Å²) in [7, 11) is -0.217. The van der Waals surface area contributed by atoms with Crippen LogP contribution in [0.1, 0.15) is 58.1 Å². The highest BCUT2D eigenvalue weighted by Crippen LogP contribution is 2.38. The molecule has 1 fully saturated rings. The van der Waals surface area contributed by atoms with Gasteiger partial charge in [-0.15, -0.1) is 0 Å². The van der Waals surface area contributed by atoms with Crippen LogP contribution in [0.25, 0.3) is 0 Å². The zero-order chi connectivity index (χ0) is 13.8. The molecule has 1 aromatic rings. The Morgan fingerprint density at radius 2 is 1.74 bits per heavy atom. The topological polar surface area (TPSA) is 18.5 Å². The molecule has 0 unspecified atom stereocenters. The van der Waals surface area contributed by atoms with Gasteiger partial charge < -0.3 is 9.31 Å². The predicted octanol–water partition coefficient (Wildman–Crippen LogP) is 3.04. The molecule has 19 heavy (non-hydrogen) atoms. The van der Waals surface area contributed by atoms with Gasteiger partial charge in [-0.25, -0.2) is 0 Å². The van der Waals surface area contributed by atoms with Gasteiger partial charge in [0.1, 0.15) is 0 Å². The Kier molecular flexibility index (Phi) is 2.85. The molecular formula is C16H23BO2. The lowest BCUT2D eigenvalue weighted by Gasteiger charge is -2.32. The normalized spacial score (nSPS) is 27.6. The first-order valence-electron chi connectivity index (χ1n) is 7.29. The average Bonchev–Trinajstić information content (AvgIpc) is 2.78. The maximum Gasteiger partial charge on any atom is 0.495 e. The van der Waals surface area contributed by atoms with Crippen LogP contribution < -0.4 is 5.46 Å². The molecule has 1 heterocycles. The van der Waals surface area contributed by atoms with Crippen molar-refractivity contribution >= 4 is 12.6 Å². The summed E-state index contributed by atoms with van der Waals surface area (Å²) in [4.78, 5) is 0. The Bertz CT molecular complexity index is 491. The number of hydrogen-bond acceptors (Lipinski definition) is 2. The van der Waals surface area contributed by atoms with Gasteiger partial charge in [-0.05, 0) is 63.0 Å². The van der Waals surface area contributed by atoms with E-state index in [9.17, 15) is 0 Å². The maximum absolute atomic E-state index is 6.19. The van der Waals surface area contributed by atoms with E-state index < -0.39 is 0 Å². The lowest BCUT2D eigenvalue weighted by atomic mass is 9.75. The third kappa shape index (κ3) is 1.95. The monoisotopic (exact) mass is 258 g/mol. The van der Waals surface area contributed by atoms with E-state index in [0.717, 1.165) is 6.42 Å². The zero-order valence-electron chi connectivity index (χ0n) is 12.6. The first-order chi connectivity index (χ1) is 8.82. The van der Waals surface area contributed by atoms with Gasteiger partial charge in [0.05, 0.1) is 11.2 Å². The minimum Gasteiger partial charge on any atom is -0.399 e. The van der Waals surface area contributed by atoms with Crippen LogP contribution in [0.4, 0.5) is 0 Å². The Balaban J connectivity index is 1.98. The fourth-order valence-corrected chi connectivity index (χ4v) is 3.08. The van der Waals surface area contributed by atoms with E-state index in [1.165, 1.54) is 23.0 Å². The Morgan fingerprint density at radius 1 is 1.11 bits per heavy atom. The van der Waals surface area contributed by atoms with Crippen LogP contribution in [0, 0.1) is 0 Å². The molecule has 2 aliphatic rings. The van der Waals surface area contributed by atoms with Gasteiger partial charge in [-0.2, -0.15) is 0 Å². The lowest BCUT2D eigenvalue weighted by molar-refractivity contribution is 0.00578. The third-order valence-electron chi connectivity index (χ3n) is 5.11. The van der Waals surface area contributed by atoms with Crippen LogP contribution >= 0.6 is 0 Å². The molecule has 1 atom stereocenters. The SMILES string of the molecule is C[C@H]1CCc2c(B3OC(C)(C)C(C)(C)O3)cccc21. The van der Waals surface area contributed by atoms with Gasteiger partial charge in [0, 0.05) is 0 Å². The summed E-state index contributed by atoms with van der Waals surface area (Å²) < 4.78 is 12.4. The second-order valence-electron chi connectivity index (χ2n) is 6.94. The van der Waals surface area contributed by atoms with Gasteiger partial charge in [0.15, 0.2) is 0 Å². The summed E-state index contributed by atoms with van der Waals surface area (Å²) in [6, 6.07) is 6.56. The van der Waals surface area contributed by atoms with E-state index >= 15 is 0 Å². The average molecular weight is 258 g/mol. The van der Waals surface area contributed by atoms with Gasteiger partial charge in [0.2, 0.25) is 0 Å². The van der Waals surface area contributed by atoms with Crippen molar-refractivity contribution in [2.45, 2.75) is 64.6 Å². The summed E-state index contributed by atoms with van der Waals surface area (Å²) in [5.74, 6) is 0.664. The molecule has 0 aromatic heterocycles. The molecule has 0 spiro atoms. The summed E-state index contributed by atoms with van der Waals surface area (Å²) >= 11 is 0. The van der Waals surface area contributed by atoms with Crippen LogP contribution in [0.3, 0.4) is 0 Å². The molecule has 1 aromatic carbocycles. The fraction of sp³-hybridized carbons (Fsp3) is 0.625. The maximum atomic E-state index is 6.19. The molecule has 3 heteroatoms. The third-order valence-corrected chi connectivity index (χ3v) is 5.11. The van der Waals surface area contributed by atoms with E-state index in [1.54, 1.807) is 0 Å². The van der Waals surface area contributed by atoms with Gasteiger partial charge in [-0.1, -0.05) is 25.1 Å². The Hall–Kier alpha value is -0.795. The van der Waals surface area contributed by atoms with Gasteiger partial charge in [0.25, 0.3) is 0 Å². The molecule has 0 saturated carbocycles. The summed E-state index contributed by atoms with van der Waals surface area (Å²) in [5.41, 5.74) is 3.65. The van der Waals surface area contributed by atoms with Crippen LogP contribution in [0.5, 0.6) is 0 Å². The van der Waals surface area contributed by atoms with Crippen LogP contribution in [0.15, 0.2) is 18.2 Å². The highest BCUT2D eigenvalue weighted by atomic mass is 16.7. The van der Waals surface area contributed by atoms with Crippen LogP contribution in [0.2, 0.25) is 0 Å². The highest BCUT2D eigenvalue weighted by molar-refractivity contribution is 6.62. The van der Waals surface area contributed by atoms with Crippen molar-refractivity contribution in [1.82, 2.24) is 0 Å². The molecule has 0 amide bonds. The second-order valence-corrected chi connectivity index (χ2v) is 6.94. The van der Waals surface area contributed by atoms with Gasteiger partial charge >= 0.3 is 7.12 Å². The largest absolute Gasteiger partial charge is 0.495 e. The van der Waals surface area contributed by atoms with E-state index in [-0.39, 0.29) is 18.3 Å². The molecule has 1 aliphatic heterocycles. The molecule has 0 bridgehead atoms. The van der Waals surface area contributed by atoms with E-state index in [1.807, 2.05) is 0 Å². The van der Waals surface area contributed by atoms with E-state index in [0.29, 0.717) is 5.92 Å². The van der Waals surface area contributed by atoms with Crippen molar-refractivity contribution in [3.63, 3.8) is 0 Å². The van der Waals surface area contributed by atoms with Crippen LogP contribution in [-0.4, -0.2) is 18.3 Å². The summed E-state index contributed by atoms with van der Waals surface area (Å²) in [6.45, 7) is 10.7. The molecule has 0 radical (unpaired) electrons. The van der Waals surface area contributed by atoms with E-state index in [4.69, 9.17) is 9.31 Å². The first kappa shape index (κ1) is 13.2. The number of benzene rings is 1. The van der Waals surface area contributed by atoms with Crippen molar-refractivity contribution in [2.75, 3.05) is 0 Å². The second kappa shape index (κ2) is 4.10. The predicted molar refractivity (Wildman–Crippen MR) is 78.9 cm³/mol. The summed E-state index contributed by atoms with van der Waals surface area (Å²) in [6.07, 6.45) is 2.39. The summed E-state index contributed by atoms with van der Waals surface area (Å²) in [5, 5.41) is 0. The molecule has 102 valence electrons. The smallest absolute Gasteiger partial charge is 0.399 e. The van der Waals surface area contributed by atoms with Crippen molar-refractivity contribution in [2.24, 2.45) is 0 Å². The zero-order valence-corrected chi connectivity index (χ0v) is 12.6. The van der Waals surface area contributed by atoms with Gasteiger partial charge in [-0.3, -0.25) is 0 Å². The molecule has 3 rings (SSSR count). The van der Waals surface area contributed by atoms with E-state index in [2.05, 4.69) is 52.8 Å². The number of fused-ring (bicyclic) bond motifs is 1. The van der Waals surface area contributed by atoms with Crippen molar-refractivity contribution < 1.29 is 9.31 Å². The molecule has 2 nitrogen and oxygen atoms in total. The fourth-order valence-electron chi connectivity index (χ4n) is 3.08. The van der Waals surface area contributed by atoms with Crippen molar-refractivity contribution in [1.29, 1.82) is 0 Å². The Labute approximate surface area is 116 Å². The van der Waals surface area contributed by atoms with Crippen molar-refractivity contribution in [3.05, 3.63) is 29.3 Å². The molecule has 0 N–H and O–H groups in total. The lowest BCUT2D eigenvalue weighted by Crippen LogP contribution is -2.41. The quantitative estimate of drug-likeness (QED) is 0.721. The first-order valence-corrected chi connectivity index (χ1v) is 7.29. The molecule has 1 aliphatic carbocycles. The number of hydrogen-bond donors (Lipinski definition) is 0. The standard InChI is InChI=1S/C16H23BO2/c1-11-9-10-13-12(11)7-6-8-14(13)17-18-15(2,3)16(4,5)19-17/h6-8,11H,9-10H2,1-5H3/t11-/m0/s1. The minimum atomic E-state index is -0.259. The number of rotatable bonds is 1. The molecular weight excluding hydrogens is 235 g/mol.